The average Bonchev–Trinajstić information content (AvgIpc) is 2.91. The van der Waals surface area contributed by atoms with Crippen molar-refractivity contribution in [1.82, 2.24) is 0 Å². The zero-order valence-electron chi connectivity index (χ0n) is 19.7. The van der Waals surface area contributed by atoms with E-state index in [1.807, 2.05) is 54.6 Å². The lowest BCUT2D eigenvalue weighted by Gasteiger charge is -2.25. The average molecular weight is 454 g/mol. The molecule has 2 nitrogen and oxygen atoms in total. The lowest BCUT2D eigenvalue weighted by Crippen LogP contribution is -2.09. The highest BCUT2D eigenvalue weighted by Crippen LogP contribution is 2.34. The van der Waals surface area contributed by atoms with Crippen molar-refractivity contribution in [3.8, 4) is 11.5 Å². The Kier molecular flexibility index (Phi) is 6.72. The Labute approximate surface area is 207 Å². The molecule has 0 spiro atoms. The maximum Gasteiger partial charge on any atom is 0.128 e. The summed E-state index contributed by atoms with van der Waals surface area (Å²) < 4.78 is 5.97. The molecule has 0 aliphatic heterocycles. The fourth-order valence-electron chi connectivity index (χ4n) is 3.95. The number of ether oxygens (including phenoxy) is 1. The Morgan fingerprint density at radius 1 is 0.486 bits per heavy atom. The minimum atomic E-state index is 0.824. The van der Waals surface area contributed by atoms with Gasteiger partial charge in [-0.15, -0.1) is 0 Å². The van der Waals surface area contributed by atoms with Crippen LogP contribution in [0.4, 0.5) is 17.1 Å². The summed E-state index contributed by atoms with van der Waals surface area (Å²) in [7, 11) is 0. The molecule has 0 radical (unpaired) electrons. The monoisotopic (exact) mass is 453 g/mol. The fraction of sp³-hybridized carbons (Fsp3) is 0.0303. The van der Waals surface area contributed by atoms with Gasteiger partial charge in [-0.3, -0.25) is 0 Å². The van der Waals surface area contributed by atoms with E-state index in [-0.39, 0.29) is 0 Å². The summed E-state index contributed by atoms with van der Waals surface area (Å²) in [6.45, 7) is 2.11. The van der Waals surface area contributed by atoms with Crippen LogP contribution in [0.15, 0.2) is 133 Å². The molecule has 0 amide bonds. The Bertz CT molecular complexity index is 1390. The third-order valence-electron chi connectivity index (χ3n) is 5.76. The fourth-order valence-corrected chi connectivity index (χ4v) is 3.95. The first kappa shape index (κ1) is 22.2. The molecule has 5 rings (SSSR count). The van der Waals surface area contributed by atoms with Gasteiger partial charge in [-0.05, 0) is 78.7 Å². The van der Waals surface area contributed by atoms with Crippen LogP contribution >= 0.6 is 0 Å². The number of aryl methyl sites for hydroxylation is 1. The van der Waals surface area contributed by atoms with Crippen molar-refractivity contribution in [2.24, 2.45) is 0 Å². The van der Waals surface area contributed by atoms with E-state index in [1.165, 1.54) is 5.56 Å². The lowest BCUT2D eigenvalue weighted by molar-refractivity contribution is 0.482. The van der Waals surface area contributed by atoms with Crippen LogP contribution < -0.4 is 9.64 Å². The Balaban J connectivity index is 1.36. The Morgan fingerprint density at radius 2 is 1.03 bits per heavy atom. The molecule has 35 heavy (non-hydrogen) atoms. The van der Waals surface area contributed by atoms with Crippen LogP contribution in [0.2, 0.25) is 0 Å². The maximum atomic E-state index is 5.97. The zero-order valence-corrected chi connectivity index (χ0v) is 19.7. The second kappa shape index (κ2) is 10.6. The minimum Gasteiger partial charge on any atom is -0.457 e. The molecule has 5 aromatic rings. The van der Waals surface area contributed by atoms with Crippen LogP contribution in [0, 0.1) is 6.92 Å². The van der Waals surface area contributed by atoms with Crippen LogP contribution in [0.3, 0.4) is 0 Å². The molecule has 0 aliphatic carbocycles. The Morgan fingerprint density at radius 3 is 1.71 bits per heavy atom. The van der Waals surface area contributed by atoms with Crippen molar-refractivity contribution >= 4 is 29.2 Å². The molecule has 2 heteroatoms. The van der Waals surface area contributed by atoms with Gasteiger partial charge in [0.1, 0.15) is 11.5 Å². The first-order valence-electron chi connectivity index (χ1n) is 11.8. The summed E-state index contributed by atoms with van der Waals surface area (Å²) in [5.41, 5.74) is 6.87. The van der Waals surface area contributed by atoms with Gasteiger partial charge in [0.25, 0.3) is 0 Å². The number of anilines is 3. The predicted molar refractivity (Wildman–Crippen MR) is 148 cm³/mol. The van der Waals surface area contributed by atoms with Gasteiger partial charge in [0.2, 0.25) is 0 Å². The third-order valence-corrected chi connectivity index (χ3v) is 5.76. The summed E-state index contributed by atoms with van der Waals surface area (Å²) in [6, 6.07) is 45.7. The van der Waals surface area contributed by atoms with Gasteiger partial charge >= 0.3 is 0 Å². The second-order valence-electron chi connectivity index (χ2n) is 8.42. The van der Waals surface area contributed by atoms with E-state index in [4.69, 9.17) is 4.74 Å². The summed E-state index contributed by atoms with van der Waals surface area (Å²) in [5.74, 6) is 1.66. The van der Waals surface area contributed by atoms with Crippen LogP contribution in [-0.4, -0.2) is 0 Å². The quantitative estimate of drug-likeness (QED) is 0.228. The molecule has 0 unspecified atom stereocenters. The van der Waals surface area contributed by atoms with E-state index in [2.05, 4.69) is 103 Å². The highest BCUT2D eigenvalue weighted by atomic mass is 16.5. The smallest absolute Gasteiger partial charge is 0.128 e. The van der Waals surface area contributed by atoms with E-state index in [0.717, 1.165) is 39.7 Å². The zero-order chi connectivity index (χ0) is 23.9. The van der Waals surface area contributed by atoms with Crippen LogP contribution in [-0.2, 0) is 0 Å². The maximum absolute atomic E-state index is 5.97. The number of para-hydroxylation sites is 2. The molecule has 5 aromatic carbocycles. The summed E-state index contributed by atoms with van der Waals surface area (Å²) in [4.78, 5) is 2.28. The molecule has 0 aliphatic rings. The molecule has 0 aromatic heterocycles. The normalized spacial score (nSPS) is 10.9. The molecule has 0 N–H and O–H groups in total. The van der Waals surface area contributed by atoms with E-state index in [1.54, 1.807) is 0 Å². The highest BCUT2D eigenvalue weighted by Gasteiger charge is 2.11. The number of hydrogen-bond acceptors (Lipinski definition) is 2. The standard InChI is InChI=1S/C33H27NO/c1-26-15-21-30(22-16-26)34(29-10-4-2-5-11-29)31-23-19-27(20-24-31)17-18-28-9-8-14-33(25-28)35-32-12-6-3-7-13-32/h2-25H,1H3/b18-17+. The first-order valence-corrected chi connectivity index (χ1v) is 11.8. The molecule has 0 atom stereocenters. The van der Waals surface area contributed by atoms with Gasteiger partial charge in [0.05, 0.1) is 0 Å². The van der Waals surface area contributed by atoms with Crippen molar-refractivity contribution < 1.29 is 4.74 Å². The molecular formula is C33H27NO. The van der Waals surface area contributed by atoms with Gasteiger partial charge in [-0.25, -0.2) is 0 Å². The second-order valence-corrected chi connectivity index (χ2v) is 8.42. The molecule has 0 bridgehead atoms. The summed E-state index contributed by atoms with van der Waals surface area (Å²) in [6.07, 6.45) is 4.24. The Hall–Kier alpha value is -4.56. The summed E-state index contributed by atoms with van der Waals surface area (Å²) in [5, 5.41) is 0. The van der Waals surface area contributed by atoms with E-state index in [9.17, 15) is 0 Å². The largest absolute Gasteiger partial charge is 0.457 e. The van der Waals surface area contributed by atoms with E-state index in [0.29, 0.717) is 0 Å². The van der Waals surface area contributed by atoms with Crippen LogP contribution in [0.1, 0.15) is 16.7 Å². The van der Waals surface area contributed by atoms with Crippen LogP contribution in [0.25, 0.3) is 12.2 Å². The molecule has 0 saturated heterocycles. The van der Waals surface area contributed by atoms with Gasteiger partial charge in [0.15, 0.2) is 0 Å². The van der Waals surface area contributed by atoms with Crippen LogP contribution in [0.5, 0.6) is 11.5 Å². The molecule has 0 heterocycles. The van der Waals surface area contributed by atoms with Crippen molar-refractivity contribution in [3.63, 3.8) is 0 Å². The van der Waals surface area contributed by atoms with Crippen molar-refractivity contribution in [1.29, 1.82) is 0 Å². The topological polar surface area (TPSA) is 12.5 Å². The summed E-state index contributed by atoms with van der Waals surface area (Å²) >= 11 is 0. The third kappa shape index (κ3) is 5.69. The number of hydrogen-bond donors (Lipinski definition) is 0. The van der Waals surface area contributed by atoms with Crippen molar-refractivity contribution in [3.05, 3.63) is 150 Å². The number of rotatable bonds is 7. The molecular weight excluding hydrogens is 426 g/mol. The van der Waals surface area contributed by atoms with Gasteiger partial charge in [-0.2, -0.15) is 0 Å². The number of nitrogens with zero attached hydrogens (tertiary/aromatic N) is 1. The number of benzene rings is 5. The van der Waals surface area contributed by atoms with E-state index < -0.39 is 0 Å². The molecule has 0 fully saturated rings. The first-order chi connectivity index (χ1) is 17.2. The van der Waals surface area contributed by atoms with Gasteiger partial charge in [-0.1, -0.05) is 90.5 Å². The molecule has 170 valence electrons. The minimum absolute atomic E-state index is 0.824. The van der Waals surface area contributed by atoms with Crippen molar-refractivity contribution in [2.45, 2.75) is 6.92 Å². The van der Waals surface area contributed by atoms with Gasteiger partial charge in [0, 0.05) is 17.1 Å². The van der Waals surface area contributed by atoms with E-state index >= 15 is 0 Å². The predicted octanol–water partition coefficient (Wildman–Crippen LogP) is 9.43. The SMILES string of the molecule is Cc1ccc(N(c2ccccc2)c2ccc(/C=C/c3cccc(Oc4ccccc4)c3)cc2)cc1. The van der Waals surface area contributed by atoms with Gasteiger partial charge < -0.3 is 9.64 Å². The lowest BCUT2D eigenvalue weighted by atomic mass is 10.1. The molecule has 0 saturated carbocycles. The van der Waals surface area contributed by atoms with Crippen molar-refractivity contribution in [2.75, 3.05) is 4.90 Å². The highest BCUT2D eigenvalue weighted by molar-refractivity contribution is 5.78.